The van der Waals surface area contributed by atoms with Crippen LogP contribution in [0.1, 0.15) is 34.6 Å². The number of carbonyl (C=O) groups excluding carboxylic acids is 2. The van der Waals surface area contributed by atoms with Gasteiger partial charge in [0.15, 0.2) is 0 Å². The van der Waals surface area contributed by atoms with Gasteiger partial charge in [-0.15, -0.1) is 11.3 Å². The molecule has 0 bridgehead atoms. The number of amides is 2. The van der Waals surface area contributed by atoms with E-state index in [1.165, 1.54) is 28.4 Å². The number of hydrogen-bond acceptors (Lipinski definition) is 4. The maximum atomic E-state index is 13.4. The molecule has 0 radical (unpaired) electrons. The molecule has 3 aromatic rings. The molecule has 6 nitrogen and oxygen atoms in total. The number of thiophene rings is 1. The van der Waals surface area contributed by atoms with Gasteiger partial charge >= 0.3 is 0 Å². The average molecular weight is 443 g/mol. The minimum Gasteiger partial charge on any atom is -0.344 e. The minimum absolute atomic E-state index is 0.0688. The number of aromatic amines is 1. The van der Waals surface area contributed by atoms with Gasteiger partial charge in [-0.1, -0.05) is 24.6 Å². The van der Waals surface area contributed by atoms with Crippen molar-refractivity contribution in [3.8, 4) is 11.3 Å². The summed E-state index contributed by atoms with van der Waals surface area (Å²) in [6.45, 7) is 0.724. The van der Waals surface area contributed by atoms with Gasteiger partial charge in [0, 0.05) is 31.9 Å². The van der Waals surface area contributed by atoms with Crippen LogP contribution in [0.15, 0.2) is 47.8 Å². The Morgan fingerprint density at radius 2 is 1.90 bits per heavy atom. The van der Waals surface area contributed by atoms with Gasteiger partial charge in [-0.3, -0.25) is 14.7 Å². The van der Waals surface area contributed by atoms with Gasteiger partial charge in [0.05, 0.1) is 17.1 Å². The molecule has 2 heterocycles. The quantitative estimate of drug-likeness (QED) is 0.478. The predicted octanol–water partition coefficient (Wildman–Crippen LogP) is 4.22. The van der Waals surface area contributed by atoms with Gasteiger partial charge in [-0.25, -0.2) is 4.39 Å². The molecular formula is C23H27FN4O2S. The summed E-state index contributed by atoms with van der Waals surface area (Å²) in [5.41, 5.74) is 2.50. The van der Waals surface area contributed by atoms with E-state index >= 15 is 0 Å². The van der Waals surface area contributed by atoms with E-state index in [2.05, 4.69) is 10.2 Å². The number of aryl methyl sites for hydroxylation is 1. The molecule has 8 heteroatoms. The SMILES string of the molecule is CN(CCCCCc1cc(-c2cccc(F)c2)n[nH]1)C(=O)CN(C)C(=O)c1cccs1. The van der Waals surface area contributed by atoms with Crippen LogP contribution in [-0.4, -0.2) is 59.0 Å². The fourth-order valence-electron chi connectivity index (χ4n) is 3.24. The van der Waals surface area contributed by atoms with Crippen LogP contribution in [-0.2, 0) is 11.2 Å². The van der Waals surface area contributed by atoms with Crippen molar-refractivity contribution in [2.24, 2.45) is 0 Å². The van der Waals surface area contributed by atoms with E-state index in [4.69, 9.17) is 0 Å². The van der Waals surface area contributed by atoms with E-state index in [9.17, 15) is 14.0 Å². The second-order valence-electron chi connectivity index (χ2n) is 7.55. The van der Waals surface area contributed by atoms with Crippen LogP contribution in [0.25, 0.3) is 11.3 Å². The number of rotatable bonds is 10. The fraction of sp³-hybridized carbons (Fsp3) is 0.348. The summed E-state index contributed by atoms with van der Waals surface area (Å²) < 4.78 is 13.4. The number of nitrogens with one attached hydrogen (secondary N) is 1. The van der Waals surface area contributed by atoms with Crippen LogP contribution in [0, 0.1) is 5.82 Å². The van der Waals surface area contributed by atoms with Gasteiger partial charge < -0.3 is 9.80 Å². The van der Waals surface area contributed by atoms with Crippen molar-refractivity contribution in [2.45, 2.75) is 25.7 Å². The van der Waals surface area contributed by atoms with Crippen LogP contribution in [0.3, 0.4) is 0 Å². The van der Waals surface area contributed by atoms with Crippen LogP contribution in [0.4, 0.5) is 4.39 Å². The zero-order valence-electron chi connectivity index (χ0n) is 17.8. The maximum Gasteiger partial charge on any atom is 0.264 e. The Hall–Kier alpha value is -3.00. The first kappa shape index (κ1) is 22.7. The molecule has 1 N–H and O–H groups in total. The number of unbranched alkanes of at least 4 members (excludes halogenated alkanes) is 2. The third-order valence-corrected chi connectivity index (χ3v) is 5.93. The van der Waals surface area contributed by atoms with E-state index in [1.807, 2.05) is 23.6 Å². The minimum atomic E-state index is -0.275. The Labute approximate surface area is 185 Å². The van der Waals surface area contributed by atoms with Gasteiger partial charge in [-0.2, -0.15) is 5.10 Å². The smallest absolute Gasteiger partial charge is 0.264 e. The van der Waals surface area contributed by atoms with Gasteiger partial charge in [0.25, 0.3) is 5.91 Å². The summed E-state index contributed by atoms with van der Waals surface area (Å²) in [5.74, 6) is -0.475. The highest BCUT2D eigenvalue weighted by Crippen LogP contribution is 2.19. The van der Waals surface area contributed by atoms with Gasteiger partial charge in [-0.05, 0) is 48.9 Å². The van der Waals surface area contributed by atoms with Crippen molar-refractivity contribution in [3.63, 3.8) is 0 Å². The molecule has 0 spiro atoms. The number of likely N-dealkylation sites (N-methyl/N-ethyl adjacent to an activating group) is 2. The first-order chi connectivity index (χ1) is 14.9. The van der Waals surface area contributed by atoms with Crippen molar-refractivity contribution in [2.75, 3.05) is 27.2 Å². The highest BCUT2D eigenvalue weighted by Gasteiger charge is 2.17. The van der Waals surface area contributed by atoms with E-state index in [0.29, 0.717) is 11.4 Å². The number of aromatic nitrogens is 2. The molecule has 0 fully saturated rings. The Balaban J connectivity index is 1.35. The molecule has 0 aliphatic heterocycles. The number of nitrogens with zero attached hydrogens (tertiary/aromatic N) is 3. The Morgan fingerprint density at radius 1 is 1.06 bits per heavy atom. The molecule has 31 heavy (non-hydrogen) atoms. The zero-order chi connectivity index (χ0) is 22.2. The summed E-state index contributed by atoms with van der Waals surface area (Å²) in [6, 6.07) is 11.9. The second kappa shape index (κ2) is 10.9. The molecule has 0 saturated carbocycles. The number of hydrogen-bond donors (Lipinski definition) is 1. The van der Waals surface area contributed by atoms with Crippen LogP contribution >= 0.6 is 11.3 Å². The average Bonchev–Trinajstić information content (AvgIpc) is 3.45. The number of H-pyrrole nitrogens is 1. The summed E-state index contributed by atoms with van der Waals surface area (Å²) in [5, 5.41) is 9.12. The third-order valence-electron chi connectivity index (χ3n) is 5.07. The molecule has 2 aromatic heterocycles. The Kier molecular flexibility index (Phi) is 7.94. The molecule has 0 atom stereocenters. The predicted molar refractivity (Wildman–Crippen MR) is 120 cm³/mol. The first-order valence-electron chi connectivity index (χ1n) is 10.3. The zero-order valence-corrected chi connectivity index (χ0v) is 18.6. The summed E-state index contributed by atoms with van der Waals surface area (Å²) >= 11 is 1.37. The third kappa shape index (κ3) is 6.49. The van der Waals surface area contributed by atoms with Crippen molar-refractivity contribution in [3.05, 3.63) is 64.2 Å². The lowest BCUT2D eigenvalue weighted by atomic mass is 10.1. The van der Waals surface area contributed by atoms with Crippen molar-refractivity contribution >= 4 is 23.2 Å². The normalized spacial score (nSPS) is 10.8. The Bertz CT molecular complexity index is 1000. The molecule has 0 aliphatic carbocycles. The van der Waals surface area contributed by atoms with Crippen molar-refractivity contribution in [1.29, 1.82) is 0 Å². The standard InChI is InChI=1S/C23H27FN4O2S/c1-27(22(29)16-28(2)23(30)21-11-7-13-31-21)12-5-3-4-10-19-15-20(26-25-19)17-8-6-9-18(24)14-17/h6-9,11,13-15H,3-5,10,12,16H2,1-2H3,(H,25,26). The van der Waals surface area contributed by atoms with Gasteiger partial charge in [0.2, 0.25) is 5.91 Å². The molecule has 0 saturated heterocycles. The van der Waals surface area contributed by atoms with E-state index < -0.39 is 0 Å². The van der Waals surface area contributed by atoms with Crippen LogP contribution in [0.5, 0.6) is 0 Å². The maximum absolute atomic E-state index is 13.4. The summed E-state index contributed by atoms with van der Waals surface area (Å²) in [6.07, 6.45) is 3.66. The topological polar surface area (TPSA) is 69.3 Å². The molecule has 0 unspecified atom stereocenters. The fourth-order valence-corrected chi connectivity index (χ4v) is 3.95. The molecule has 0 aliphatic rings. The number of benzene rings is 1. The lowest BCUT2D eigenvalue weighted by Crippen LogP contribution is -2.39. The van der Waals surface area contributed by atoms with Crippen molar-refractivity contribution in [1.82, 2.24) is 20.0 Å². The number of carbonyl (C=O) groups is 2. The van der Waals surface area contributed by atoms with Crippen LogP contribution < -0.4 is 0 Å². The lowest BCUT2D eigenvalue weighted by molar-refractivity contribution is -0.130. The van der Waals surface area contributed by atoms with Gasteiger partial charge in [0.1, 0.15) is 5.82 Å². The first-order valence-corrected chi connectivity index (χ1v) is 11.1. The molecule has 2 amide bonds. The number of halogens is 1. The summed E-state index contributed by atoms with van der Waals surface area (Å²) in [7, 11) is 3.42. The second-order valence-corrected chi connectivity index (χ2v) is 8.50. The molecular weight excluding hydrogens is 415 g/mol. The highest BCUT2D eigenvalue weighted by molar-refractivity contribution is 7.12. The van der Waals surface area contributed by atoms with E-state index in [0.717, 1.165) is 42.6 Å². The Morgan fingerprint density at radius 3 is 2.65 bits per heavy atom. The highest BCUT2D eigenvalue weighted by atomic mass is 32.1. The molecule has 164 valence electrons. The lowest BCUT2D eigenvalue weighted by Gasteiger charge is -2.21. The molecule has 3 rings (SSSR count). The largest absolute Gasteiger partial charge is 0.344 e. The van der Waals surface area contributed by atoms with E-state index in [-0.39, 0.29) is 24.2 Å². The van der Waals surface area contributed by atoms with E-state index in [1.54, 1.807) is 31.1 Å². The monoisotopic (exact) mass is 442 g/mol. The summed E-state index contributed by atoms with van der Waals surface area (Å²) in [4.78, 5) is 28.4. The van der Waals surface area contributed by atoms with Crippen LogP contribution in [0.2, 0.25) is 0 Å². The molecule has 1 aromatic carbocycles. The van der Waals surface area contributed by atoms with Crippen molar-refractivity contribution < 1.29 is 14.0 Å².